The van der Waals surface area contributed by atoms with E-state index in [1.807, 2.05) is 50.6 Å². The van der Waals surface area contributed by atoms with Crippen LogP contribution in [-0.2, 0) is 9.47 Å². The Morgan fingerprint density at radius 3 is 2.77 bits per heavy atom. The number of amides is 1. The summed E-state index contributed by atoms with van der Waals surface area (Å²) in [6, 6.07) is 1.94. The summed E-state index contributed by atoms with van der Waals surface area (Å²) in [6.45, 7) is 9.71. The Labute approximate surface area is 162 Å². The molecule has 142 valence electrons. The van der Waals surface area contributed by atoms with E-state index >= 15 is 0 Å². The number of nitrogens with zero attached hydrogens (tertiary/aromatic N) is 3. The number of rotatable bonds is 3. The molecule has 1 saturated heterocycles. The SMILES string of the molecule is Cc1cnc2c(N(CC3CCOCC3)C(=O)OC(C)(C)C)cc(Br)cn12. The molecule has 0 saturated carbocycles. The summed E-state index contributed by atoms with van der Waals surface area (Å²) in [5.74, 6) is 0.381. The van der Waals surface area contributed by atoms with Gasteiger partial charge in [0.05, 0.1) is 5.69 Å². The topological polar surface area (TPSA) is 56.1 Å². The van der Waals surface area contributed by atoms with Crippen LogP contribution in [0.25, 0.3) is 5.65 Å². The molecule has 3 heterocycles. The molecule has 0 radical (unpaired) electrons. The Bertz CT molecular complexity index is 791. The number of anilines is 1. The molecule has 0 N–H and O–H groups in total. The summed E-state index contributed by atoms with van der Waals surface area (Å²) in [6.07, 6.45) is 5.31. The van der Waals surface area contributed by atoms with Crippen molar-refractivity contribution in [3.05, 3.63) is 28.6 Å². The largest absolute Gasteiger partial charge is 0.443 e. The monoisotopic (exact) mass is 423 g/mol. The first kappa shape index (κ1) is 19.2. The van der Waals surface area contributed by atoms with Gasteiger partial charge < -0.3 is 13.9 Å². The maximum atomic E-state index is 13.0. The first-order valence-electron chi connectivity index (χ1n) is 8.96. The van der Waals surface area contributed by atoms with E-state index in [1.54, 1.807) is 4.90 Å². The van der Waals surface area contributed by atoms with E-state index in [1.165, 1.54) is 0 Å². The molecule has 0 unspecified atom stereocenters. The molecule has 1 amide bonds. The molecule has 7 heteroatoms. The van der Waals surface area contributed by atoms with Crippen molar-refractivity contribution in [2.45, 2.75) is 46.1 Å². The number of halogens is 1. The second-order valence-corrected chi connectivity index (χ2v) is 8.70. The number of hydrogen-bond acceptors (Lipinski definition) is 4. The standard InChI is InChI=1S/C19H26BrN3O3/c1-13-10-21-17-16(9-15(20)12-22(13)17)23(18(24)26-19(2,3)4)11-14-5-7-25-8-6-14/h9-10,12,14H,5-8,11H2,1-4H3. The van der Waals surface area contributed by atoms with Gasteiger partial charge in [-0.1, -0.05) is 0 Å². The lowest BCUT2D eigenvalue weighted by atomic mass is 9.99. The summed E-state index contributed by atoms with van der Waals surface area (Å²) < 4.78 is 14.0. The fraction of sp³-hybridized carbons (Fsp3) is 0.579. The Hall–Kier alpha value is -1.60. The van der Waals surface area contributed by atoms with Gasteiger partial charge in [-0.25, -0.2) is 9.78 Å². The van der Waals surface area contributed by atoms with Crippen LogP contribution in [0.3, 0.4) is 0 Å². The minimum atomic E-state index is -0.557. The van der Waals surface area contributed by atoms with Crippen molar-refractivity contribution in [1.82, 2.24) is 9.38 Å². The highest BCUT2D eigenvalue weighted by molar-refractivity contribution is 9.10. The molecule has 1 aliphatic rings. The van der Waals surface area contributed by atoms with E-state index in [4.69, 9.17) is 9.47 Å². The number of imidazole rings is 1. The van der Waals surface area contributed by atoms with Gasteiger partial charge in [0.2, 0.25) is 0 Å². The molecular weight excluding hydrogens is 398 g/mol. The highest BCUT2D eigenvalue weighted by Crippen LogP contribution is 2.30. The van der Waals surface area contributed by atoms with Gasteiger partial charge in [0.15, 0.2) is 5.65 Å². The lowest BCUT2D eigenvalue weighted by Crippen LogP contribution is -2.41. The van der Waals surface area contributed by atoms with Crippen LogP contribution in [-0.4, -0.2) is 40.8 Å². The van der Waals surface area contributed by atoms with Gasteiger partial charge in [-0.3, -0.25) is 4.90 Å². The van der Waals surface area contributed by atoms with Crippen LogP contribution in [0.15, 0.2) is 22.9 Å². The third-order valence-electron chi connectivity index (χ3n) is 4.42. The summed E-state index contributed by atoms with van der Waals surface area (Å²) >= 11 is 3.56. The molecule has 0 bridgehead atoms. The molecule has 2 aromatic heterocycles. The van der Waals surface area contributed by atoms with Gasteiger partial charge in [-0.05, 0) is 68.5 Å². The highest BCUT2D eigenvalue weighted by atomic mass is 79.9. The Morgan fingerprint density at radius 1 is 1.42 bits per heavy atom. The van der Waals surface area contributed by atoms with Crippen molar-refractivity contribution in [3.63, 3.8) is 0 Å². The van der Waals surface area contributed by atoms with E-state index in [0.717, 1.165) is 47.6 Å². The third kappa shape index (κ3) is 4.38. The molecule has 3 rings (SSSR count). The number of ether oxygens (including phenoxy) is 2. The van der Waals surface area contributed by atoms with Gasteiger partial charge in [0.25, 0.3) is 0 Å². The molecule has 26 heavy (non-hydrogen) atoms. The van der Waals surface area contributed by atoms with Crippen LogP contribution in [0.1, 0.15) is 39.3 Å². The van der Waals surface area contributed by atoms with Gasteiger partial charge in [0, 0.05) is 42.3 Å². The lowest BCUT2D eigenvalue weighted by molar-refractivity contribution is 0.0515. The Balaban J connectivity index is 2.00. The zero-order valence-electron chi connectivity index (χ0n) is 15.8. The van der Waals surface area contributed by atoms with Crippen molar-refractivity contribution < 1.29 is 14.3 Å². The van der Waals surface area contributed by atoms with Gasteiger partial charge in [-0.15, -0.1) is 0 Å². The molecule has 0 spiro atoms. The van der Waals surface area contributed by atoms with Crippen molar-refractivity contribution in [1.29, 1.82) is 0 Å². The third-order valence-corrected chi connectivity index (χ3v) is 4.86. The van der Waals surface area contributed by atoms with Crippen LogP contribution >= 0.6 is 15.9 Å². The summed E-state index contributed by atoms with van der Waals surface area (Å²) in [5.41, 5.74) is 1.97. The maximum absolute atomic E-state index is 13.0. The normalized spacial score (nSPS) is 16.0. The molecule has 0 aliphatic carbocycles. The minimum Gasteiger partial charge on any atom is -0.443 e. The predicted molar refractivity (Wildman–Crippen MR) is 105 cm³/mol. The number of pyridine rings is 1. The van der Waals surface area contributed by atoms with Crippen molar-refractivity contribution in [2.24, 2.45) is 5.92 Å². The average molecular weight is 424 g/mol. The van der Waals surface area contributed by atoms with Crippen LogP contribution in [0.2, 0.25) is 0 Å². The smallest absolute Gasteiger partial charge is 0.414 e. The molecule has 6 nitrogen and oxygen atoms in total. The van der Waals surface area contributed by atoms with E-state index in [-0.39, 0.29) is 6.09 Å². The van der Waals surface area contributed by atoms with E-state index in [0.29, 0.717) is 12.5 Å². The summed E-state index contributed by atoms with van der Waals surface area (Å²) in [5, 5.41) is 0. The first-order chi connectivity index (χ1) is 12.2. The zero-order valence-corrected chi connectivity index (χ0v) is 17.4. The minimum absolute atomic E-state index is 0.343. The fourth-order valence-corrected chi connectivity index (χ4v) is 3.55. The zero-order chi connectivity index (χ0) is 18.9. The molecule has 0 atom stereocenters. The molecule has 1 fully saturated rings. The van der Waals surface area contributed by atoms with Crippen molar-refractivity contribution >= 4 is 33.4 Å². The number of hydrogen-bond donors (Lipinski definition) is 0. The summed E-state index contributed by atoms with van der Waals surface area (Å²) in [4.78, 5) is 19.3. The average Bonchev–Trinajstić information content (AvgIpc) is 2.92. The Kier molecular flexibility index (Phi) is 5.58. The lowest BCUT2D eigenvalue weighted by Gasteiger charge is -2.32. The van der Waals surface area contributed by atoms with Crippen molar-refractivity contribution in [3.8, 4) is 0 Å². The van der Waals surface area contributed by atoms with Crippen LogP contribution < -0.4 is 4.90 Å². The number of fused-ring (bicyclic) bond motifs is 1. The van der Waals surface area contributed by atoms with Gasteiger partial charge in [0.1, 0.15) is 5.60 Å². The van der Waals surface area contributed by atoms with E-state index in [2.05, 4.69) is 20.9 Å². The number of aryl methyl sites for hydroxylation is 1. The maximum Gasteiger partial charge on any atom is 0.414 e. The van der Waals surface area contributed by atoms with Crippen molar-refractivity contribution in [2.75, 3.05) is 24.7 Å². The molecular formula is C19H26BrN3O3. The molecule has 0 aromatic carbocycles. The molecule has 2 aromatic rings. The van der Waals surface area contributed by atoms with E-state index < -0.39 is 5.60 Å². The Morgan fingerprint density at radius 2 is 2.12 bits per heavy atom. The van der Waals surface area contributed by atoms with Crippen LogP contribution in [0.4, 0.5) is 10.5 Å². The van der Waals surface area contributed by atoms with Crippen LogP contribution in [0.5, 0.6) is 0 Å². The highest BCUT2D eigenvalue weighted by Gasteiger charge is 2.29. The number of carbonyl (C=O) groups is 1. The first-order valence-corrected chi connectivity index (χ1v) is 9.75. The second-order valence-electron chi connectivity index (χ2n) is 7.78. The predicted octanol–water partition coefficient (Wildman–Crippen LogP) is 4.57. The summed E-state index contributed by atoms with van der Waals surface area (Å²) in [7, 11) is 0. The fourth-order valence-electron chi connectivity index (χ4n) is 3.13. The quantitative estimate of drug-likeness (QED) is 0.724. The number of aromatic nitrogens is 2. The second kappa shape index (κ2) is 7.56. The number of carbonyl (C=O) groups excluding carboxylic acids is 1. The molecule has 1 aliphatic heterocycles. The van der Waals surface area contributed by atoms with E-state index in [9.17, 15) is 4.79 Å². The van der Waals surface area contributed by atoms with Crippen LogP contribution in [0, 0.1) is 12.8 Å². The van der Waals surface area contributed by atoms with Gasteiger partial charge >= 0.3 is 6.09 Å². The van der Waals surface area contributed by atoms with Gasteiger partial charge in [-0.2, -0.15) is 0 Å².